The molecule has 94 valence electrons. The minimum atomic E-state index is -0.457. The fraction of sp³-hybridized carbons (Fsp3) is 0.167. The smallest absolute Gasteiger partial charge is 0.310 e. The Morgan fingerprint density at radius 2 is 2.17 bits per heavy atom. The molecule has 4 nitrogen and oxygen atoms in total. The number of thiophene rings is 1. The Morgan fingerprint density at radius 3 is 2.78 bits per heavy atom. The van der Waals surface area contributed by atoms with E-state index in [9.17, 15) is 10.1 Å². The van der Waals surface area contributed by atoms with Gasteiger partial charge in [-0.2, -0.15) is 11.3 Å². The predicted molar refractivity (Wildman–Crippen MR) is 71.3 cm³/mol. The molecule has 0 spiro atoms. The van der Waals surface area contributed by atoms with Gasteiger partial charge in [0.15, 0.2) is 5.75 Å². The Labute approximate surface area is 113 Å². The molecule has 0 amide bonds. The summed E-state index contributed by atoms with van der Waals surface area (Å²) >= 11 is 7.26. The summed E-state index contributed by atoms with van der Waals surface area (Å²) in [4.78, 5) is 10.4. The van der Waals surface area contributed by atoms with Gasteiger partial charge in [0, 0.05) is 11.9 Å². The molecule has 0 aliphatic rings. The van der Waals surface area contributed by atoms with Crippen molar-refractivity contribution in [3.05, 3.63) is 56.3 Å². The van der Waals surface area contributed by atoms with Crippen molar-refractivity contribution in [3.8, 4) is 5.75 Å². The average Bonchev–Trinajstić information content (AvgIpc) is 2.88. The van der Waals surface area contributed by atoms with Crippen LogP contribution in [-0.4, -0.2) is 4.92 Å². The molecule has 0 saturated heterocycles. The van der Waals surface area contributed by atoms with Crippen LogP contribution in [0.1, 0.15) is 11.1 Å². The van der Waals surface area contributed by atoms with Crippen LogP contribution < -0.4 is 4.74 Å². The fourth-order valence-corrected chi connectivity index (χ4v) is 2.26. The zero-order valence-corrected chi connectivity index (χ0v) is 10.9. The molecule has 0 aliphatic heterocycles. The molecule has 6 heteroatoms. The van der Waals surface area contributed by atoms with E-state index in [1.54, 1.807) is 23.5 Å². The number of alkyl halides is 1. The number of benzene rings is 1. The number of nitro groups is 1. The molecule has 0 N–H and O–H groups in total. The first-order valence-electron chi connectivity index (χ1n) is 5.18. The van der Waals surface area contributed by atoms with E-state index in [1.165, 1.54) is 6.07 Å². The van der Waals surface area contributed by atoms with Crippen molar-refractivity contribution in [2.75, 3.05) is 0 Å². The standard InChI is InChI=1S/C12H10ClNO3S/c13-6-9-1-2-11(14(15)16)12(5-9)17-7-10-3-4-18-8-10/h1-5,8H,6-7H2. The lowest BCUT2D eigenvalue weighted by Crippen LogP contribution is -1.99. The molecule has 0 radical (unpaired) electrons. The SMILES string of the molecule is O=[N+]([O-])c1ccc(CCl)cc1OCc1ccsc1. The molecule has 1 aromatic heterocycles. The monoisotopic (exact) mass is 283 g/mol. The second-order valence-corrected chi connectivity index (χ2v) is 4.66. The fourth-order valence-electron chi connectivity index (χ4n) is 1.44. The second-order valence-electron chi connectivity index (χ2n) is 3.61. The minimum Gasteiger partial charge on any atom is -0.482 e. The van der Waals surface area contributed by atoms with E-state index < -0.39 is 4.92 Å². The predicted octanol–water partition coefficient (Wildman–Crippen LogP) is 3.97. The second kappa shape index (κ2) is 5.84. The first-order chi connectivity index (χ1) is 8.70. The van der Waals surface area contributed by atoms with Crippen molar-refractivity contribution in [1.29, 1.82) is 0 Å². The maximum atomic E-state index is 10.9. The third kappa shape index (κ3) is 3.00. The van der Waals surface area contributed by atoms with Gasteiger partial charge in [-0.05, 0) is 34.0 Å². The maximum absolute atomic E-state index is 10.9. The van der Waals surface area contributed by atoms with Gasteiger partial charge in [0.05, 0.1) is 4.92 Å². The largest absolute Gasteiger partial charge is 0.482 e. The van der Waals surface area contributed by atoms with Crippen LogP contribution in [0, 0.1) is 10.1 Å². The van der Waals surface area contributed by atoms with Gasteiger partial charge in [0.25, 0.3) is 0 Å². The van der Waals surface area contributed by atoms with E-state index in [1.807, 2.05) is 16.8 Å². The van der Waals surface area contributed by atoms with Crippen LogP contribution in [0.3, 0.4) is 0 Å². The van der Waals surface area contributed by atoms with Gasteiger partial charge < -0.3 is 4.74 Å². The van der Waals surface area contributed by atoms with Crippen molar-refractivity contribution in [1.82, 2.24) is 0 Å². The summed E-state index contributed by atoms with van der Waals surface area (Å²) in [5.41, 5.74) is 1.74. The zero-order chi connectivity index (χ0) is 13.0. The van der Waals surface area contributed by atoms with Crippen LogP contribution in [0.25, 0.3) is 0 Å². The summed E-state index contributed by atoms with van der Waals surface area (Å²) < 4.78 is 5.49. The number of hydrogen-bond donors (Lipinski definition) is 0. The van der Waals surface area contributed by atoms with E-state index in [4.69, 9.17) is 16.3 Å². The zero-order valence-electron chi connectivity index (χ0n) is 9.34. The summed E-state index contributed by atoms with van der Waals surface area (Å²) in [6.07, 6.45) is 0. The van der Waals surface area contributed by atoms with Crippen LogP contribution in [0.5, 0.6) is 5.75 Å². The molecule has 0 unspecified atom stereocenters. The lowest BCUT2D eigenvalue weighted by molar-refractivity contribution is -0.386. The average molecular weight is 284 g/mol. The van der Waals surface area contributed by atoms with Crippen molar-refractivity contribution in [2.45, 2.75) is 12.5 Å². The third-order valence-corrected chi connectivity index (χ3v) is 3.39. The van der Waals surface area contributed by atoms with E-state index in [0.717, 1.165) is 11.1 Å². The van der Waals surface area contributed by atoms with Crippen molar-refractivity contribution >= 4 is 28.6 Å². The van der Waals surface area contributed by atoms with Crippen LogP contribution in [0.4, 0.5) is 5.69 Å². The Bertz CT molecular complexity index is 542. The molecule has 0 saturated carbocycles. The van der Waals surface area contributed by atoms with Gasteiger partial charge in [-0.15, -0.1) is 11.6 Å². The molecule has 0 aliphatic carbocycles. The highest BCUT2D eigenvalue weighted by Crippen LogP contribution is 2.29. The molecule has 0 fully saturated rings. The normalized spacial score (nSPS) is 10.3. The summed E-state index contributed by atoms with van der Waals surface area (Å²) in [6, 6.07) is 6.57. The highest BCUT2D eigenvalue weighted by molar-refractivity contribution is 7.07. The molecular formula is C12H10ClNO3S. The van der Waals surface area contributed by atoms with Gasteiger partial charge in [-0.1, -0.05) is 6.07 Å². The van der Waals surface area contributed by atoms with Crippen molar-refractivity contribution < 1.29 is 9.66 Å². The summed E-state index contributed by atoms with van der Waals surface area (Å²) in [5, 5.41) is 14.8. The summed E-state index contributed by atoms with van der Waals surface area (Å²) in [5.74, 6) is 0.552. The van der Waals surface area contributed by atoms with E-state index in [-0.39, 0.29) is 11.4 Å². The number of nitro benzene ring substituents is 1. The molecule has 2 rings (SSSR count). The van der Waals surface area contributed by atoms with Gasteiger partial charge in [0.2, 0.25) is 0 Å². The quantitative estimate of drug-likeness (QED) is 0.474. The molecule has 0 bridgehead atoms. The number of nitrogens with zero attached hydrogens (tertiary/aromatic N) is 1. The minimum absolute atomic E-state index is 0.0425. The van der Waals surface area contributed by atoms with E-state index in [0.29, 0.717) is 12.5 Å². The Hall–Kier alpha value is -1.59. The van der Waals surface area contributed by atoms with Crippen LogP contribution in [-0.2, 0) is 12.5 Å². The highest BCUT2D eigenvalue weighted by atomic mass is 35.5. The van der Waals surface area contributed by atoms with Crippen LogP contribution >= 0.6 is 22.9 Å². The van der Waals surface area contributed by atoms with Gasteiger partial charge >= 0.3 is 5.69 Å². The first kappa shape index (κ1) is 12.9. The Morgan fingerprint density at radius 1 is 1.33 bits per heavy atom. The van der Waals surface area contributed by atoms with Crippen molar-refractivity contribution in [3.63, 3.8) is 0 Å². The Balaban J connectivity index is 2.20. The number of rotatable bonds is 5. The van der Waals surface area contributed by atoms with E-state index >= 15 is 0 Å². The lowest BCUT2D eigenvalue weighted by Gasteiger charge is -2.07. The maximum Gasteiger partial charge on any atom is 0.310 e. The number of halogens is 1. The Kier molecular flexibility index (Phi) is 4.17. The van der Waals surface area contributed by atoms with Gasteiger partial charge in [-0.25, -0.2) is 0 Å². The molecule has 18 heavy (non-hydrogen) atoms. The number of hydrogen-bond acceptors (Lipinski definition) is 4. The first-order valence-corrected chi connectivity index (χ1v) is 6.65. The molecular weight excluding hydrogens is 274 g/mol. The molecule has 1 aromatic carbocycles. The lowest BCUT2D eigenvalue weighted by atomic mass is 10.2. The van der Waals surface area contributed by atoms with Gasteiger partial charge in [-0.3, -0.25) is 10.1 Å². The van der Waals surface area contributed by atoms with E-state index in [2.05, 4.69) is 0 Å². The number of ether oxygens (including phenoxy) is 1. The highest BCUT2D eigenvalue weighted by Gasteiger charge is 2.15. The summed E-state index contributed by atoms with van der Waals surface area (Å²) in [7, 11) is 0. The van der Waals surface area contributed by atoms with Crippen molar-refractivity contribution in [2.24, 2.45) is 0 Å². The van der Waals surface area contributed by atoms with Crippen LogP contribution in [0.2, 0.25) is 0 Å². The topological polar surface area (TPSA) is 52.4 Å². The van der Waals surface area contributed by atoms with Gasteiger partial charge in [0.1, 0.15) is 6.61 Å². The summed E-state index contributed by atoms with van der Waals surface area (Å²) in [6.45, 7) is 0.316. The molecule has 2 aromatic rings. The molecule has 1 heterocycles. The third-order valence-electron chi connectivity index (χ3n) is 2.35. The molecule has 0 atom stereocenters. The van der Waals surface area contributed by atoms with Crippen LogP contribution in [0.15, 0.2) is 35.0 Å².